The highest BCUT2D eigenvalue weighted by atomic mass is 19.3. The van der Waals surface area contributed by atoms with Crippen LogP contribution in [0, 0.1) is 5.92 Å². The molecule has 0 rings (SSSR count). The van der Waals surface area contributed by atoms with Gasteiger partial charge in [0.25, 0.3) is 6.43 Å². The Bertz CT molecular complexity index is 64.9. The lowest BCUT2D eigenvalue weighted by molar-refractivity contribution is 0.0140. The maximum atomic E-state index is 11.4. The van der Waals surface area contributed by atoms with Crippen molar-refractivity contribution in [2.24, 2.45) is 5.92 Å². The topological polar surface area (TPSA) is 9.23 Å². The molecule has 0 aliphatic carbocycles. The highest BCUT2D eigenvalue weighted by molar-refractivity contribution is 4.43. The molecule has 3 heteroatoms. The normalized spacial score (nSPS) is 10.0. The first kappa shape index (κ1) is 14.3. The summed E-state index contributed by atoms with van der Waals surface area (Å²) in [6, 6.07) is 0. The largest absolute Gasteiger partial charge is 0.376 e. The zero-order valence-electron chi connectivity index (χ0n) is 8.44. The minimum Gasteiger partial charge on any atom is -0.376 e. The molecule has 0 aromatic carbocycles. The molecule has 0 saturated carbocycles. The van der Waals surface area contributed by atoms with E-state index in [1.165, 1.54) is 0 Å². The molecule has 0 unspecified atom stereocenters. The van der Waals surface area contributed by atoms with Gasteiger partial charge in [0.05, 0.1) is 0 Å². The fourth-order valence-corrected chi connectivity index (χ4v) is 0.491. The lowest BCUT2D eigenvalue weighted by Crippen LogP contribution is -2.06. The van der Waals surface area contributed by atoms with Gasteiger partial charge in [0.1, 0.15) is 6.61 Å². The van der Waals surface area contributed by atoms with E-state index in [0.29, 0.717) is 12.5 Å². The van der Waals surface area contributed by atoms with Gasteiger partial charge in [0, 0.05) is 6.61 Å². The predicted molar refractivity (Wildman–Crippen MR) is 47.6 cm³/mol. The molecule has 0 saturated heterocycles. The van der Waals surface area contributed by atoms with Gasteiger partial charge >= 0.3 is 0 Å². The third-order valence-corrected chi connectivity index (χ3v) is 1.08. The molecule has 12 heavy (non-hydrogen) atoms. The highest BCUT2D eigenvalue weighted by Gasteiger charge is 2.01. The van der Waals surface area contributed by atoms with Crippen molar-refractivity contribution in [3.05, 3.63) is 0 Å². The van der Waals surface area contributed by atoms with E-state index >= 15 is 0 Å². The van der Waals surface area contributed by atoms with Crippen molar-refractivity contribution in [2.45, 2.75) is 40.5 Å². The average molecular weight is 182 g/mol. The summed E-state index contributed by atoms with van der Waals surface area (Å²) in [4.78, 5) is 0. The summed E-state index contributed by atoms with van der Waals surface area (Å²) in [6.07, 6.45) is -1.47. The molecule has 0 aliphatic rings. The standard InChI is InChI=1S/C7H14F2O.C2H6/c1-6(2)3-4-10-5-7(8)9;1-2/h6-7H,3-5H2,1-2H3;1-2H3. The Labute approximate surface area is 74.1 Å². The van der Waals surface area contributed by atoms with E-state index in [2.05, 4.69) is 4.74 Å². The Morgan fingerprint density at radius 1 is 1.17 bits per heavy atom. The molecule has 0 atom stereocenters. The van der Waals surface area contributed by atoms with Crippen molar-refractivity contribution in [1.82, 2.24) is 0 Å². The number of hydrogen-bond acceptors (Lipinski definition) is 1. The Morgan fingerprint density at radius 2 is 1.67 bits per heavy atom. The van der Waals surface area contributed by atoms with Crippen LogP contribution in [0.25, 0.3) is 0 Å². The highest BCUT2D eigenvalue weighted by Crippen LogP contribution is 2.00. The molecule has 0 aromatic heterocycles. The van der Waals surface area contributed by atoms with Gasteiger partial charge in [0.15, 0.2) is 0 Å². The number of ether oxygens (including phenoxy) is 1. The van der Waals surface area contributed by atoms with Gasteiger partial charge in [-0.15, -0.1) is 0 Å². The third kappa shape index (κ3) is 16.4. The van der Waals surface area contributed by atoms with Gasteiger partial charge in [-0.2, -0.15) is 0 Å². The van der Waals surface area contributed by atoms with Crippen LogP contribution in [0.2, 0.25) is 0 Å². The molecule has 0 fully saturated rings. The molecule has 0 aliphatic heterocycles. The van der Waals surface area contributed by atoms with Gasteiger partial charge in [-0.3, -0.25) is 0 Å². The zero-order valence-corrected chi connectivity index (χ0v) is 8.44. The Morgan fingerprint density at radius 3 is 2.00 bits per heavy atom. The van der Waals surface area contributed by atoms with Gasteiger partial charge in [0.2, 0.25) is 0 Å². The molecule has 0 bridgehead atoms. The first-order chi connectivity index (χ1) is 5.63. The van der Waals surface area contributed by atoms with E-state index in [9.17, 15) is 8.78 Å². The molecule has 0 amide bonds. The molecule has 76 valence electrons. The van der Waals surface area contributed by atoms with Crippen LogP contribution >= 0.6 is 0 Å². The van der Waals surface area contributed by atoms with Crippen LogP contribution in [0.3, 0.4) is 0 Å². The summed E-state index contributed by atoms with van der Waals surface area (Å²) in [5.74, 6) is 0.526. The lowest BCUT2D eigenvalue weighted by Gasteiger charge is -2.04. The smallest absolute Gasteiger partial charge is 0.261 e. The maximum Gasteiger partial charge on any atom is 0.261 e. The number of hydrogen-bond donors (Lipinski definition) is 0. The first-order valence-corrected chi connectivity index (χ1v) is 4.48. The first-order valence-electron chi connectivity index (χ1n) is 4.48. The summed E-state index contributed by atoms with van der Waals surface area (Å²) in [5, 5.41) is 0. The number of alkyl halides is 2. The van der Waals surface area contributed by atoms with Gasteiger partial charge < -0.3 is 4.74 Å². The minimum absolute atomic E-state index is 0.424. The molecule has 0 N–H and O–H groups in total. The molecule has 0 spiro atoms. The van der Waals surface area contributed by atoms with Gasteiger partial charge in [-0.1, -0.05) is 27.7 Å². The van der Waals surface area contributed by atoms with E-state index in [4.69, 9.17) is 0 Å². The van der Waals surface area contributed by atoms with Crippen molar-refractivity contribution in [2.75, 3.05) is 13.2 Å². The van der Waals surface area contributed by atoms with Crippen molar-refractivity contribution < 1.29 is 13.5 Å². The van der Waals surface area contributed by atoms with Crippen LogP contribution in [0.5, 0.6) is 0 Å². The van der Waals surface area contributed by atoms with Crippen molar-refractivity contribution >= 4 is 0 Å². The van der Waals surface area contributed by atoms with Crippen LogP contribution < -0.4 is 0 Å². The number of rotatable bonds is 5. The van der Waals surface area contributed by atoms with Crippen molar-refractivity contribution in [3.8, 4) is 0 Å². The van der Waals surface area contributed by atoms with E-state index < -0.39 is 13.0 Å². The summed E-state index contributed by atoms with van der Waals surface area (Å²) >= 11 is 0. The maximum absolute atomic E-state index is 11.4. The minimum atomic E-state index is -2.33. The Kier molecular flexibility index (Phi) is 12.9. The van der Waals surface area contributed by atoms with E-state index in [1.807, 2.05) is 27.7 Å². The van der Waals surface area contributed by atoms with Crippen LogP contribution in [0.1, 0.15) is 34.1 Å². The van der Waals surface area contributed by atoms with E-state index in [-0.39, 0.29) is 0 Å². The zero-order chi connectivity index (χ0) is 9.98. The molecule has 0 aromatic rings. The monoisotopic (exact) mass is 182 g/mol. The number of halogens is 2. The molecule has 1 nitrogen and oxygen atoms in total. The molecular formula is C9H20F2O. The Hall–Kier alpha value is -0.180. The molecule has 0 heterocycles. The van der Waals surface area contributed by atoms with Gasteiger partial charge in [-0.05, 0) is 12.3 Å². The predicted octanol–water partition coefficient (Wildman–Crippen LogP) is 3.34. The van der Waals surface area contributed by atoms with Crippen molar-refractivity contribution in [1.29, 1.82) is 0 Å². The third-order valence-electron chi connectivity index (χ3n) is 1.08. The second kappa shape index (κ2) is 10.8. The SMILES string of the molecule is CC.CC(C)CCOCC(F)F. The summed E-state index contributed by atoms with van der Waals surface area (Å²) in [5.41, 5.74) is 0. The summed E-state index contributed by atoms with van der Waals surface area (Å²) < 4.78 is 27.5. The quantitative estimate of drug-likeness (QED) is 0.592. The summed E-state index contributed by atoms with van der Waals surface area (Å²) in [7, 11) is 0. The molecular weight excluding hydrogens is 162 g/mol. The molecule has 0 radical (unpaired) electrons. The van der Waals surface area contributed by atoms with Gasteiger partial charge in [-0.25, -0.2) is 8.78 Å². The second-order valence-corrected chi connectivity index (χ2v) is 2.65. The van der Waals surface area contributed by atoms with E-state index in [1.54, 1.807) is 0 Å². The second-order valence-electron chi connectivity index (χ2n) is 2.65. The van der Waals surface area contributed by atoms with Crippen LogP contribution in [-0.2, 0) is 4.74 Å². The van der Waals surface area contributed by atoms with Crippen molar-refractivity contribution in [3.63, 3.8) is 0 Å². The van der Waals surface area contributed by atoms with Crippen LogP contribution in [0.15, 0.2) is 0 Å². The lowest BCUT2D eigenvalue weighted by atomic mass is 10.1. The average Bonchev–Trinajstić information content (AvgIpc) is 2.02. The fraction of sp³-hybridized carbons (Fsp3) is 1.00. The van der Waals surface area contributed by atoms with E-state index in [0.717, 1.165) is 6.42 Å². The Balaban J connectivity index is 0. The van der Waals surface area contributed by atoms with Crippen LogP contribution in [-0.4, -0.2) is 19.6 Å². The fourth-order valence-electron chi connectivity index (χ4n) is 0.491. The van der Waals surface area contributed by atoms with Crippen LogP contribution in [0.4, 0.5) is 8.78 Å². The summed E-state index contributed by atoms with van der Waals surface area (Å²) in [6.45, 7) is 8.09.